The number of carbonyl (C=O) groups excluding carboxylic acids is 1. The SMILES string of the molecule is CCC(NC(=O)c1ccc2c(c1)N(C)CC2)C1CCCO1. The Bertz CT molecular complexity index is 524. The Hall–Kier alpha value is -1.55. The van der Waals surface area contributed by atoms with E-state index in [1.165, 1.54) is 11.3 Å². The zero-order valence-electron chi connectivity index (χ0n) is 12.9. The topological polar surface area (TPSA) is 41.6 Å². The number of nitrogens with one attached hydrogen (secondary N) is 1. The van der Waals surface area contributed by atoms with E-state index in [0.29, 0.717) is 0 Å². The molecule has 1 amide bonds. The van der Waals surface area contributed by atoms with Gasteiger partial charge in [-0.15, -0.1) is 0 Å². The third kappa shape index (κ3) is 2.91. The van der Waals surface area contributed by atoms with Crippen molar-refractivity contribution in [3.8, 4) is 0 Å². The quantitative estimate of drug-likeness (QED) is 0.925. The van der Waals surface area contributed by atoms with Gasteiger partial charge in [0.15, 0.2) is 0 Å². The van der Waals surface area contributed by atoms with Crippen molar-refractivity contribution in [2.45, 2.75) is 44.8 Å². The largest absolute Gasteiger partial charge is 0.376 e. The Labute approximate surface area is 126 Å². The molecular weight excluding hydrogens is 264 g/mol. The second-order valence-corrected chi connectivity index (χ2v) is 6.05. The molecule has 1 aromatic carbocycles. The van der Waals surface area contributed by atoms with Crippen LogP contribution in [0.3, 0.4) is 0 Å². The van der Waals surface area contributed by atoms with Gasteiger partial charge in [-0.2, -0.15) is 0 Å². The monoisotopic (exact) mass is 288 g/mol. The predicted octanol–water partition coefficient (Wildman–Crippen LogP) is 2.37. The molecule has 0 radical (unpaired) electrons. The van der Waals surface area contributed by atoms with Crippen molar-refractivity contribution in [1.29, 1.82) is 0 Å². The summed E-state index contributed by atoms with van der Waals surface area (Å²) in [5.41, 5.74) is 3.27. The molecule has 114 valence electrons. The smallest absolute Gasteiger partial charge is 0.251 e. The van der Waals surface area contributed by atoms with Gasteiger partial charge < -0.3 is 15.0 Å². The molecule has 1 saturated heterocycles. The number of hydrogen-bond donors (Lipinski definition) is 1. The highest BCUT2D eigenvalue weighted by atomic mass is 16.5. The summed E-state index contributed by atoms with van der Waals surface area (Å²) in [4.78, 5) is 14.7. The van der Waals surface area contributed by atoms with E-state index in [9.17, 15) is 4.79 Å². The Kier molecular flexibility index (Phi) is 4.15. The maximum absolute atomic E-state index is 12.5. The first kappa shape index (κ1) is 14.4. The van der Waals surface area contributed by atoms with E-state index in [0.717, 1.165) is 44.4 Å². The number of fused-ring (bicyclic) bond motifs is 1. The Morgan fingerprint density at radius 1 is 1.52 bits per heavy atom. The molecule has 0 spiro atoms. The van der Waals surface area contributed by atoms with Crippen LogP contribution >= 0.6 is 0 Å². The lowest BCUT2D eigenvalue weighted by molar-refractivity contribution is 0.0665. The standard InChI is InChI=1S/C17H24N2O2/c1-3-14(16-5-4-10-21-16)18-17(20)13-7-6-12-8-9-19(2)15(12)11-13/h6-7,11,14,16H,3-5,8-10H2,1-2H3,(H,18,20). The van der Waals surface area contributed by atoms with Gasteiger partial charge in [-0.05, 0) is 43.4 Å². The highest BCUT2D eigenvalue weighted by molar-refractivity contribution is 5.95. The number of anilines is 1. The number of benzene rings is 1. The number of likely N-dealkylation sites (N-methyl/N-ethyl adjacent to an activating group) is 1. The predicted molar refractivity (Wildman–Crippen MR) is 83.9 cm³/mol. The first-order chi connectivity index (χ1) is 10.2. The molecule has 0 aliphatic carbocycles. The molecule has 0 aromatic heterocycles. The van der Waals surface area contributed by atoms with E-state index < -0.39 is 0 Å². The van der Waals surface area contributed by atoms with Gasteiger partial charge in [-0.3, -0.25) is 4.79 Å². The summed E-state index contributed by atoms with van der Waals surface area (Å²) in [5.74, 6) is 0.0143. The number of amides is 1. The lowest BCUT2D eigenvalue weighted by Crippen LogP contribution is -2.42. The van der Waals surface area contributed by atoms with Crippen molar-refractivity contribution in [2.75, 3.05) is 25.1 Å². The Morgan fingerprint density at radius 3 is 3.10 bits per heavy atom. The molecule has 2 aliphatic heterocycles. The highest BCUT2D eigenvalue weighted by Gasteiger charge is 2.26. The third-order valence-electron chi connectivity index (χ3n) is 4.65. The van der Waals surface area contributed by atoms with Gasteiger partial charge in [-0.25, -0.2) is 0 Å². The molecule has 1 aromatic rings. The van der Waals surface area contributed by atoms with Gasteiger partial charge in [0.2, 0.25) is 0 Å². The van der Waals surface area contributed by atoms with Crippen LogP contribution in [0.2, 0.25) is 0 Å². The summed E-state index contributed by atoms with van der Waals surface area (Å²) in [6.45, 7) is 3.96. The van der Waals surface area contributed by atoms with Crippen LogP contribution in [0.5, 0.6) is 0 Å². The summed E-state index contributed by atoms with van der Waals surface area (Å²) in [6, 6.07) is 6.15. The highest BCUT2D eigenvalue weighted by Crippen LogP contribution is 2.27. The molecule has 2 aliphatic rings. The third-order valence-corrected chi connectivity index (χ3v) is 4.65. The first-order valence-electron chi connectivity index (χ1n) is 7.95. The summed E-state index contributed by atoms with van der Waals surface area (Å²) in [5, 5.41) is 3.15. The average Bonchev–Trinajstić information content (AvgIpc) is 3.15. The number of carbonyl (C=O) groups is 1. The van der Waals surface area contributed by atoms with Crippen molar-refractivity contribution >= 4 is 11.6 Å². The van der Waals surface area contributed by atoms with E-state index in [-0.39, 0.29) is 18.1 Å². The van der Waals surface area contributed by atoms with Gasteiger partial charge in [0.05, 0.1) is 12.1 Å². The van der Waals surface area contributed by atoms with Crippen molar-refractivity contribution in [3.63, 3.8) is 0 Å². The second-order valence-electron chi connectivity index (χ2n) is 6.05. The van der Waals surface area contributed by atoms with Gasteiger partial charge in [0.1, 0.15) is 0 Å². The number of hydrogen-bond acceptors (Lipinski definition) is 3. The maximum Gasteiger partial charge on any atom is 0.251 e. The minimum Gasteiger partial charge on any atom is -0.376 e. The molecule has 0 bridgehead atoms. The van der Waals surface area contributed by atoms with Crippen molar-refractivity contribution in [1.82, 2.24) is 5.32 Å². The van der Waals surface area contributed by atoms with Crippen LogP contribution in [-0.4, -0.2) is 38.3 Å². The zero-order chi connectivity index (χ0) is 14.8. The van der Waals surface area contributed by atoms with Crippen LogP contribution in [0.4, 0.5) is 5.69 Å². The molecule has 1 fully saturated rings. The van der Waals surface area contributed by atoms with Crippen LogP contribution in [-0.2, 0) is 11.2 Å². The van der Waals surface area contributed by atoms with E-state index in [1.54, 1.807) is 0 Å². The molecule has 0 saturated carbocycles. The van der Waals surface area contributed by atoms with E-state index in [1.807, 2.05) is 12.1 Å². The fraction of sp³-hybridized carbons (Fsp3) is 0.588. The molecule has 21 heavy (non-hydrogen) atoms. The van der Waals surface area contributed by atoms with Crippen molar-refractivity contribution in [3.05, 3.63) is 29.3 Å². The summed E-state index contributed by atoms with van der Waals surface area (Å²) < 4.78 is 5.71. The number of rotatable bonds is 4. The lowest BCUT2D eigenvalue weighted by Gasteiger charge is -2.23. The summed E-state index contributed by atoms with van der Waals surface area (Å²) >= 11 is 0. The Balaban J connectivity index is 1.71. The second kappa shape index (κ2) is 6.06. The van der Waals surface area contributed by atoms with Crippen molar-refractivity contribution in [2.24, 2.45) is 0 Å². The molecule has 2 atom stereocenters. The molecule has 3 rings (SSSR count). The van der Waals surface area contributed by atoms with Gasteiger partial charge >= 0.3 is 0 Å². The molecular formula is C17H24N2O2. The van der Waals surface area contributed by atoms with E-state index in [4.69, 9.17) is 4.74 Å². The molecule has 4 nitrogen and oxygen atoms in total. The van der Waals surface area contributed by atoms with Crippen molar-refractivity contribution < 1.29 is 9.53 Å². The normalized spacial score (nSPS) is 22.2. The molecule has 4 heteroatoms. The lowest BCUT2D eigenvalue weighted by atomic mass is 10.0. The first-order valence-corrected chi connectivity index (χ1v) is 7.95. The van der Waals surface area contributed by atoms with Crippen LogP contribution in [0, 0.1) is 0 Å². The zero-order valence-corrected chi connectivity index (χ0v) is 12.9. The molecule has 2 heterocycles. The average molecular weight is 288 g/mol. The van der Waals surface area contributed by atoms with Gasteiger partial charge in [-0.1, -0.05) is 13.0 Å². The van der Waals surface area contributed by atoms with Crippen LogP contribution in [0.1, 0.15) is 42.1 Å². The molecule has 2 unspecified atom stereocenters. The fourth-order valence-electron chi connectivity index (χ4n) is 3.31. The van der Waals surface area contributed by atoms with Crippen LogP contribution < -0.4 is 10.2 Å². The summed E-state index contributed by atoms with van der Waals surface area (Å²) in [7, 11) is 2.08. The van der Waals surface area contributed by atoms with Gasteiger partial charge in [0, 0.05) is 31.5 Å². The van der Waals surface area contributed by atoms with Gasteiger partial charge in [0.25, 0.3) is 5.91 Å². The minimum atomic E-state index is 0.0143. The molecule has 1 N–H and O–H groups in total. The minimum absolute atomic E-state index is 0.0143. The fourth-order valence-corrected chi connectivity index (χ4v) is 3.31. The summed E-state index contributed by atoms with van der Waals surface area (Å²) in [6.07, 6.45) is 4.30. The number of ether oxygens (including phenoxy) is 1. The van der Waals surface area contributed by atoms with E-state index >= 15 is 0 Å². The number of nitrogens with zero attached hydrogens (tertiary/aromatic N) is 1. The van der Waals surface area contributed by atoms with Crippen LogP contribution in [0.25, 0.3) is 0 Å². The van der Waals surface area contributed by atoms with Crippen LogP contribution in [0.15, 0.2) is 18.2 Å². The Morgan fingerprint density at radius 2 is 2.38 bits per heavy atom. The maximum atomic E-state index is 12.5. The van der Waals surface area contributed by atoms with E-state index in [2.05, 4.69) is 30.3 Å².